The van der Waals surface area contributed by atoms with Crippen LogP contribution in [-0.2, 0) is 16.0 Å². The molecule has 0 N–H and O–H groups in total. The second-order valence-electron chi connectivity index (χ2n) is 4.31. The molecule has 21 heavy (non-hydrogen) atoms. The fraction of sp³-hybridized carbons (Fsp3) is 0.467. The maximum absolute atomic E-state index is 11.7. The monoisotopic (exact) mass is 295 g/mol. The van der Waals surface area contributed by atoms with E-state index in [0.29, 0.717) is 17.9 Å². The van der Waals surface area contributed by atoms with Crippen molar-refractivity contribution in [3.8, 4) is 11.5 Å². The number of hydrogen-bond donors (Lipinski definition) is 0. The molecule has 0 saturated carbocycles. The molecule has 6 nitrogen and oxygen atoms in total. The maximum atomic E-state index is 11.7. The van der Waals surface area contributed by atoms with Gasteiger partial charge in [-0.05, 0) is 31.0 Å². The van der Waals surface area contributed by atoms with Gasteiger partial charge in [-0.1, -0.05) is 6.07 Å². The van der Waals surface area contributed by atoms with Gasteiger partial charge in [0.15, 0.2) is 11.5 Å². The topological polar surface area (TPSA) is 65.1 Å². The van der Waals surface area contributed by atoms with Crippen molar-refractivity contribution >= 4 is 12.0 Å². The fourth-order valence-electron chi connectivity index (χ4n) is 1.86. The van der Waals surface area contributed by atoms with Gasteiger partial charge in [0.2, 0.25) is 5.91 Å². The molecule has 0 radical (unpaired) electrons. The van der Waals surface area contributed by atoms with Crippen LogP contribution in [0.4, 0.5) is 4.79 Å². The number of ether oxygens (including phenoxy) is 3. The predicted molar refractivity (Wildman–Crippen MR) is 77.7 cm³/mol. The van der Waals surface area contributed by atoms with Gasteiger partial charge < -0.3 is 14.2 Å². The van der Waals surface area contributed by atoms with Gasteiger partial charge in [0, 0.05) is 13.5 Å². The number of amides is 2. The molecule has 1 rings (SSSR count). The van der Waals surface area contributed by atoms with Gasteiger partial charge in [-0.25, -0.2) is 9.69 Å². The van der Waals surface area contributed by atoms with E-state index in [0.717, 1.165) is 10.5 Å². The Morgan fingerprint density at radius 3 is 2.33 bits per heavy atom. The Hall–Kier alpha value is -2.24. The van der Waals surface area contributed by atoms with E-state index >= 15 is 0 Å². The van der Waals surface area contributed by atoms with Crippen LogP contribution in [0.3, 0.4) is 0 Å². The molecule has 0 aliphatic heterocycles. The van der Waals surface area contributed by atoms with Crippen LogP contribution in [-0.4, -0.2) is 44.3 Å². The lowest BCUT2D eigenvalue weighted by Crippen LogP contribution is -2.37. The maximum Gasteiger partial charge on any atom is 0.416 e. The van der Waals surface area contributed by atoms with Crippen molar-refractivity contribution in [2.45, 2.75) is 20.3 Å². The molecule has 116 valence electrons. The predicted octanol–water partition coefficient (Wildman–Crippen LogP) is 2.25. The molecule has 2 amide bonds. The second kappa shape index (κ2) is 8.14. The number of hydrogen-bond acceptors (Lipinski definition) is 5. The minimum absolute atomic E-state index is 0.235. The molecule has 0 heterocycles. The van der Waals surface area contributed by atoms with Crippen LogP contribution in [0.25, 0.3) is 0 Å². The van der Waals surface area contributed by atoms with Crippen molar-refractivity contribution in [3.05, 3.63) is 23.8 Å². The van der Waals surface area contributed by atoms with E-state index in [9.17, 15) is 9.59 Å². The van der Waals surface area contributed by atoms with Gasteiger partial charge in [-0.15, -0.1) is 0 Å². The number of carbonyl (C=O) groups is 2. The van der Waals surface area contributed by atoms with Crippen molar-refractivity contribution in [1.29, 1.82) is 0 Å². The van der Waals surface area contributed by atoms with Crippen LogP contribution in [0.5, 0.6) is 11.5 Å². The third-order valence-corrected chi connectivity index (χ3v) is 2.94. The summed E-state index contributed by atoms with van der Waals surface area (Å²) >= 11 is 0. The average Bonchev–Trinajstić information content (AvgIpc) is 2.47. The number of nitrogens with zero attached hydrogens (tertiary/aromatic N) is 1. The third-order valence-electron chi connectivity index (χ3n) is 2.94. The Bertz CT molecular complexity index is 501. The Kier molecular flexibility index (Phi) is 6.52. The largest absolute Gasteiger partial charge is 0.493 e. The first-order valence-corrected chi connectivity index (χ1v) is 6.69. The SMILES string of the molecule is CCOC(=O)N(CCc1ccc(OC)c(OC)c1)C(C)=O. The molecule has 6 heteroatoms. The Morgan fingerprint density at radius 1 is 1.14 bits per heavy atom. The van der Waals surface area contributed by atoms with Crippen LogP contribution >= 0.6 is 0 Å². The summed E-state index contributed by atoms with van der Waals surface area (Å²) in [7, 11) is 3.12. The summed E-state index contributed by atoms with van der Waals surface area (Å²) in [5.74, 6) is 0.907. The summed E-state index contributed by atoms with van der Waals surface area (Å²) in [5, 5.41) is 0. The van der Waals surface area contributed by atoms with Crippen LogP contribution in [0.15, 0.2) is 18.2 Å². The number of carbonyl (C=O) groups excluding carboxylic acids is 2. The summed E-state index contributed by atoms with van der Waals surface area (Å²) in [6.07, 6.45) is -0.107. The quantitative estimate of drug-likeness (QED) is 0.805. The Labute approximate surface area is 124 Å². The van der Waals surface area contributed by atoms with Gasteiger partial charge in [0.05, 0.1) is 20.8 Å². The molecule has 0 unspecified atom stereocenters. The molecule has 1 aromatic carbocycles. The molecule has 0 saturated heterocycles. The standard InChI is InChI=1S/C15H21NO5/c1-5-21-15(18)16(11(2)17)9-8-12-6-7-13(19-3)14(10-12)20-4/h6-7,10H,5,8-9H2,1-4H3. The van der Waals surface area contributed by atoms with Gasteiger partial charge in [-0.3, -0.25) is 4.79 Å². The van der Waals surface area contributed by atoms with Crippen molar-refractivity contribution in [2.75, 3.05) is 27.4 Å². The summed E-state index contributed by atoms with van der Waals surface area (Å²) < 4.78 is 15.2. The zero-order valence-electron chi connectivity index (χ0n) is 12.8. The van der Waals surface area contributed by atoms with Crippen molar-refractivity contribution in [1.82, 2.24) is 4.90 Å². The van der Waals surface area contributed by atoms with E-state index in [1.54, 1.807) is 27.2 Å². The molecule has 0 fully saturated rings. The number of rotatable bonds is 6. The van der Waals surface area contributed by atoms with Gasteiger partial charge >= 0.3 is 6.09 Å². The van der Waals surface area contributed by atoms with Crippen LogP contribution in [0.1, 0.15) is 19.4 Å². The molecule has 0 bridgehead atoms. The van der Waals surface area contributed by atoms with E-state index in [1.165, 1.54) is 6.92 Å². The number of methoxy groups -OCH3 is 2. The lowest BCUT2D eigenvalue weighted by atomic mass is 10.1. The summed E-state index contributed by atoms with van der Waals surface area (Å²) in [6.45, 7) is 3.53. The second-order valence-corrected chi connectivity index (χ2v) is 4.31. The molecule has 0 atom stereocenters. The smallest absolute Gasteiger partial charge is 0.416 e. The highest BCUT2D eigenvalue weighted by Crippen LogP contribution is 2.27. The minimum Gasteiger partial charge on any atom is -0.493 e. The highest BCUT2D eigenvalue weighted by molar-refractivity contribution is 5.90. The molecule has 0 aliphatic rings. The van der Waals surface area contributed by atoms with E-state index in [-0.39, 0.29) is 19.1 Å². The van der Waals surface area contributed by atoms with E-state index < -0.39 is 6.09 Å². The van der Waals surface area contributed by atoms with E-state index in [1.807, 2.05) is 12.1 Å². The zero-order chi connectivity index (χ0) is 15.8. The number of imide groups is 1. The molecule has 0 aromatic heterocycles. The van der Waals surface area contributed by atoms with Crippen molar-refractivity contribution in [2.24, 2.45) is 0 Å². The Morgan fingerprint density at radius 2 is 1.81 bits per heavy atom. The zero-order valence-corrected chi connectivity index (χ0v) is 12.8. The van der Waals surface area contributed by atoms with Gasteiger partial charge in [-0.2, -0.15) is 0 Å². The molecule has 0 aliphatic carbocycles. The van der Waals surface area contributed by atoms with E-state index in [4.69, 9.17) is 14.2 Å². The number of benzene rings is 1. The highest BCUT2D eigenvalue weighted by Gasteiger charge is 2.19. The lowest BCUT2D eigenvalue weighted by molar-refractivity contribution is -0.127. The fourth-order valence-corrected chi connectivity index (χ4v) is 1.86. The Balaban J connectivity index is 2.76. The molecular weight excluding hydrogens is 274 g/mol. The van der Waals surface area contributed by atoms with Crippen LogP contribution < -0.4 is 9.47 Å². The molecular formula is C15H21NO5. The molecule has 0 spiro atoms. The third kappa shape index (κ3) is 4.66. The highest BCUT2D eigenvalue weighted by atomic mass is 16.6. The first-order valence-electron chi connectivity index (χ1n) is 6.69. The van der Waals surface area contributed by atoms with Crippen LogP contribution in [0.2, 0.25) is 0 Å². The normalized spacial score (nSPS) is 9.90. The first kappa shape index (κ1) is 16.8. The van der Waals surface area contributed by atoms with Crippen molar-refractivity contribution in [3.63, 3.8) is 0 Å². The first-order chi connectivity index (χ1) is 10.0. The average molecular weight is 295 g/mol. The summed E-state index contributed by atoms with van der Waals surface area (Å²) in [4.78, 5) is 24.2. The van der Waals surface area contributed by atoms with Gasteiger partial charge in [0.1, 0.15) is 0 Å². The van der Waals surface area contributed by atoms with Crippen LogP contribution in [0, 0.1) is 0 Å². The minimum atomic E-state index is -0.620. The molecule has 1 aromatic rings. The van der Waals surface area contributed by atoms with Gasteiger partial charge in [0.25, 0.3) is 0 Å². The van der Waals surface area contributed by atoms with Crippen molar-refractivity contribution < 1.29 is 23.8 Å². The lowest BCUT2D eigenvalue weighted by Gasteiger charge is -2.18. The van der Waals surface area contributed by atoms with E-state index in [2.05, 4.69) is 0 Å². The summed E-state index contributed by atoms with van der Waals surface area (Å²) in [6, 6.07) is 5.48. The summed E-state index contributed by atoms with van der Waals surface area (Å²) in [5.41, 5.74) is 0.934.